The molecule has 2 N–H and O–H groups in total. The molecule has 0 spiro atoms. The van der Waals surface area contributed by atoms with E-state index in [1.807, 2.05) is 0 Å². The maximum absolute atomic E-state index is 5.47. The van der Waals surface area contributed by atoms with Crippen LogP contribution < -0.4 is 10.6 Å². The molecule has 2 aromatic rings. The van der Waals surface area contributed by atoms with Gasteiger partial charge in [-0.2, -0.15) is 0 Å². The highest BCUT2D eigenvalue weighted by Crippen LogP contribution is 2.18. The van der Waals surface area contributed by atoms with E-state index in [2.05, 4.69) is 71.8 Å². The fraction of sp³-hybridized carbons (Fsp3) is 0.583. The Morgan fingerprint density at radius 1 is 1.16 bits per heavy atom. The number of benzene rings is 1. The number of aliphatic imine (C=N–C) groups is 1. The molecule has 3 rings (SSSR count). The molecule has 1 aromatic carbocycles. The van der Waals surface area contributed by atoms with Gasteiger partial charge in [-0.05, 0) is 44.2 Å². The Labute approximate surface area is 204 Å². The van der Waals surface area contributed by atoms with E-state index in [9.17, 15) is 0 Å². The number of aryl methyl sites for hydroxylation is 2. The zero-order valence-electron chi connectivity index (χ0n) is 19.2. The van der Waals surface area contributed by atoms with Crippen LogP contribution >= 0.6 is 24.0 Å². The van der Waals surface area contributed by atoms with Crippen LogP contribution in [0.3, 0.4) is 0 Å². The minimum Gasteiger partial charge on any atom is -0.361 e. The second-order valence-corrected chi connectivity index (χ2v) is 8.01. The molecule has 1 aliphatic rings. The molecule has 0 aliphatic carbocycles. The Bertz CT molecular complexity index is 771. The summed E-state index contributed by atoms with van der Waals surface area (Å²) in [6.07, 6.45) is 4.10. The van der Waals surface area contributed by atoms with Crippen LogP contribution in [-0.2, 0) is 25.8 Å². The predicted molar refractivity (Wildman–Crippen MR) is 138 cm³/mol. The van der Waals surface area contributed by atoms with Crippen molar-refractivity contribution in [2.24, 2.45) is 10.9 Å². The van der Waals surface area contributed by atoms with Crippen molar-refractivity contribution in [1.29, 1.82) is 0 Å². The summed E-state index contributed by atoms with van der Waals surface area (Å²) in [6.45, 7) is 12.2. The van der Waals surface area contributed by atoms with E-state index in [4.69, 9.17) is 9.52 Å². The molecule has 1 unspecified atom stereocenters. The topological polar surface area (TPSA) is 65.7 Å². The van der Waals surface area contributed by atoms with Crippen molar-refractivity contribution < 1.29 is 4.52 Å². The fourth-order valence-corrected chi connectivity index (χ4v) is 4.07. The molecule has 172 valence electrons. The molecule has 6 nitrogen and oxygen atoms in total. The SMILES string of the molecule is CCNC(=NCc1c(CC)noc1CC)NCC1CCN(CCc2ccccc2)C1.I. The second-order valence-electron chi connectivity index (χ2n) is 8.01. The number of likely N-dealkylation sites (tertiary alicyclic amines) is 1. The molecule has 1 saturated heterocycles. The molecular formula is C24H38IN5O. The fourth-order valence-electron chi connectivity index (χ4n) is 4.07. The van der Waals surface area contributed by atoms with E-state index >= 15 is 0 Å². The van der Waals surface area contributed by atoms with E-state index in [0.717, 1.165) is 68.4 Å². The van der Waals surface area contributed by atoms with E-state index in [0.29, 0.717) is 12.5 Å². The molecule has 2 heterocycles. The highest BCUT2D eigenvalue weighted by atomic mass is 127. The molecule has 31 heavy (non-hydrogen) atoms. The normalized spacial score (nSPS) is 16.9. The monoisotopic (exact) mass is 539 g/mol. The third kappa shape index (κ3) is 7.79. The van der Waals surface area contributed by atoms with Gasteiger partial charge >= 0.3 is 0 Å². The van der Waals surface area contributed by atoms with Gasteiger partial charge in [0.05, 0.1) is 12.2 Å². The van der Waals surface area contributed by atoms with Crippen LogP contribution in [0.4, 0.5) is 0 Å². The van der Waals surface area contributed by atoms with Crippen molar-refractivity contribution in [2.75, 3.05) is 32.7 Å². The van der Waals surface area contributed by atoms with Crippen molar-refractivity contribution in [3.8, 4) is 0 Å². The molecule has 0 saturated carbocycles. The zero-order chi connectivity index (χ0) is 21.2. The molecule has 0 radical (unpaired) electrons. The number of guanidine groups is 1. The van der Waals surface area contributed by atoms with Gasteiger partial charge in [0.2, 0.25) is 0 Å². The Morgan fingerprint density at radius 2 is 1.97 bits per heavy atom. The van der Waals surface area contributed by atoms with Gasteiger partial charge in [0.25, 0.3) is 0 Å². The Kier molecular flexibility index (Phi) is 11.4. The minimum atomic E-state index is 0. The molecule has 1 fully saturated rings. The van der Waals surface area contributed by atoms with Gasteiger partial charge < -0.3 is 20.1 Å². The lowest BCUT2D eigenvalue weighted by atomic mass is 10.1. The van der Waals surface area contributed by atoms with Gasteiger partial charge in [0.1, 0.15) is 5.76 Å². The standard InChI is InChI=1S/C24H37N5O.HI/c1-4-22-21(23(5-2)30-28-22)17-27-24(25-6-3)26-16-20-13-15-29(18-20)14-12-19-10-8-7-9-11-19;/h7-11,20H,4-6,12-18H2,1-3H3,(H2,25,26,27);1H. The Balaban J connectivity index is 0.00000341. The minimum absolute atomic E-state index is 0. The van der Waals surface area contributed by atoms with Crippen LogP contribution in [0, 0.1) is 5.92 Å². The summed E-state index contributed by atoms with van der Waals surface area (Å²) in [6, 6.07) is 10.8. The number of hydrogen-bond acceptors (Lipinski definition) is 4. The summed E-state index contributed by atoms with van der Waals surface area (Å²) < 4.78 is 5.47. The van der Waals surface area contributed by atoms with Crippen LogP contribution in [0.2, 0.25) is 0 Å². The lowest BCUT2D eigenvalue weighted by molar-refractivity contribution is 0.328. The van der Waals surface area contributed by atoms with Crippen LogP contribution in [0.25, 0.3) is 0 Å². The third-order valence-corrected chi connectivity index (χ3v) is 5.83. The molecule has 1 atom stereocenters. The van der Waals surface area contributed by atoms with Crippen molar-refractivity contribution in [3.63, 3.8) is 0 Å². The molecule has 1 aromatic heterocycles. The third-order valence-electron chi connectivity index (χ3n) is 5.83. The number of nitrogens with zero attached hydrogens (tertiary/aromatic N) is 3. The van der Waals surface area contributed by atoms with Crippen LogP contribution in [0.5, 0.6) is 0 Å². The van der Waals surface area contributed by atoms with Crippen LogP contribution in [0.1, 0.15) is 49.8 Å². The largest absolute Gasteiger partial charge is 0.361 e. The maximum atomic E-state index is 5.47. The zero-order valence-corrected chi connectivity index (χ0v) is 21.5. The summed E-state index contributed by atoms with van der Waals surface area (Å²) in [4.78, 5) is 7.39. The molecule has 0 bridgehead atoms. The van der Waals surface area contributed by atoms with Gasteiger partial charge in [-0.3, -0.25) is 0 Å². The molecule has 0 amide bonds. The number of hydrogen-bond donors (Lipinski definition) is 2. The van der Waals surface area contributed by atoms with Crippen LogP contribution in [0.15, 0.2) is 39.8 Å². The van der Waals surface area contributed by atoms with Crippen molar-refractivity contribution >= 4 is 29.9 Å². The number of nitrogens with one attached hydrogen (secondary N) is 2. The quantitative estimate of drug-likeness (QED) is 0.271. The van der Waals surface area contributed by atoms with Gasteiger partial charge in [0, 0.05) is 38.2 Å². The first kappa shape index (κ1) is 25.6. The van der Waals surface area contributed by atoms with Gasteiger partial charge in [-0.1, -0.05) is 49.3 Å². The van der Waals surface area contributed by atoms with Crippen molar-refractivity contribution in [2.45, 2.75) is 53.0 Å². The lowest BCUT2D eigenvalue weighted by Crippen LogP contribution is -2.40. The first-order valence-electron chi connectivity index (χ1n) is 11.5. The Morgan fingerprint density at radius 3 is 2.68 bits per heavy atom. The summed E-state index contributed by atoms with van der Waals surface area (Å²) in [5.74, 6) is 2.50. The van der Waals surface area contributed by atoms with Gasteiger partial charge in [-0.15, -0.1) is 24.0 Å². The summed E-state index contributed by atoms with van der Waals surface area (Å²) in [5.41, 5.74) is 3.59. The van der Waals surface area contributed by atoms with Gasteiger partial charge in [-0.25, -0.2) is 4.99 Å². The summed E-state index contributed by atoms with van der Waals surface area (Å²) in [5, 5.41) is 11.1. The number of halogens is 1. The van der Waals surface area contributed by atoms with E-state index < -0.39 is 0 Å². The van der Waals surface area contributed by atoms with E-state index in [1.165, 1.54) is 18.5 Å². The van der Waals surface area contributed by atoms with Crippen molar-refractivity contribution in [1.82, 2.24) is 20.7 Å². The number of rotatable bonds is 10. The smallest absolute Gasteiger partial charge is 0.191 e. The van der Waals surface area contributed by atoms with Crippen LogP contribution in [-0.4, -0.2) is 48.7 Å². The highest BCUT2D eigenvalue weighted by molar-refractivity contribution is 14.0. The summed E-state index contributed by atoms with van der Waals surface area (Å²) in [7, 11) is 0. The molecule has 7 heteroatoms. The second kappa shape index (κ2) is 13.7. The first-order chi connectivity index (χ1) is 14.7. The maximum Gasteiger partial charge on any atom is 0.191 e. The summed E-state index contributed by atoms with van der Waals surface area (Å²) >= 11 is 0. The Hall–Kier alpha value is -1.61. The first-order valence-corrected chi connectivity index (χ1v) is 11.5. The predicted octanol–water partition coefficient (Wildman–Crippen LogP) is 4.04. The average Bonchev–Trinajstić information content (AvgIpc) is 3.41. The van der Waals surface area contributed by atoms with E-state index in [1.54, 1.807) is 0 Å². The number of aromatic nitrogens is 1. The lowest BCUT2D eigenvalue weighted by Gasteiger charge is -2.17. The van der Waals surface area contributed by atoms with Crippen molar-refractivity contribution in [3.05, 3.63) is 52.9 Å². The average molecular weight is 540 g/mol. The highest BCUT2D eigenvalue weighted by Gasteiger charge is 2.22. The molecular weight excluding hydrogens is 501 g/mol. The van der Waals surface area contributed by atoms with Gasteiger partial charge in [0.15, 0.2) is 5.96 Å². The molecule has 1 aliphatic heterocycles. The van der Waals surface area contributed by atoms with E-state index in [-0.39, 0.29) is 24.0 Å².